The minimum Gasteiger partial charge on any atom is -0.392 e. The highest BCUT2D eigenvalue weighted by Crippen LogP contribution is 2.32. The van der Waals surface area contributed by atoms with Crippen LogP contribution in [0.3, 0.4) is 0 Å². The minimum atomic E-state index is -0.642. The van der Waals surface area contributed by atoms with E-state index in [-0.39, 0.29) is 0 Å². The van der Waals surface area contributed by atoms with Crippen molar-refractivity contribution < 1.29 is 23.8 Å². The van der Waals surface area contributed by atoms with Crippen LogP contribution in [0, 0.1) is 10.8 Å². The second-order valence-electron chi connectivity index (χ2n) is 4.78. The van der Waals surface area contributed by atoms with Crippen LogP contribution in [-0.4, -0.2) is 38.4 Å². The Morgan fingerprint density at radius 1 is 0.933 bits per heavy atom. The summed E-state index contributed by atoms with van der Waals surface area (Å²) in [5, 5.41) is 0. The number of carbonyl (C=O) groups excluding carboxylic acids is 2. The first-order valence-corrected chi connectivity index (χ1v) is 4.89. The molecule has 0 bridgehead atoms. The Morgan fingerprint density at radius 3 is 1.47 bits per heavy atom. The van der Waals surface area contributed by atoms with E-state index in [4.69, 9.17) is 14.2 Å². The molecular weight excluding hydrogens is 200 g/mol. The van der Waals surface area contributed by atoms with Crippen LogP contribution in [0.2, 0.25) is 0 Å². The number of rotatable bonds is 2. The molecule has 0 aliphatic carbocycles. The number of carbonyl (C=O) groups is 2. The van der Waals surface area contributed by atoms with E-state index in [9.17, 15) is 9.59 Å². The summed E-state index contributed by atoms with van der Waals surface area (Å²) in [5.41, 5.74) is -1.28. The van der Waals surface area contributed by atoms with Crippen LogP contribution >= 0.6 is 0 Å². The quantitative estimate of drug-likeness (QED) is 0.483. The van der Waals surface area contributed by atoms with Crippen LogP contribution in [0.1, 0.15) is 13.8 Å². The van der Waals surface area contributed by atoms with E-state index in [1.165, 1.54) is 0 Å². The van der Waals surface area contributed by atoms with Crippen molar-refractivity contribution in [3.05, 3.63) is 0 Å². The Kier molecular flexibility index (Phi) is 2.31. The Balaban J connectivity index is 1.91. The van der Waals surface area contributed by atoms with Gasteiger partial charge in [-0.2, -0.15) is 0 Å². The minimum absolute atomic E-state index is 0.326. The molecule has 5 heteroatoms. The molecular formula is C10H14O5. The third kappa shape index (κ3) is 1.66. The van der Waals surface area contributed by atoms with Crippen LogP contribution < -0.4 is 0 Å². The molecule has 0 amide bonds. The lowest BCUT2D eigenvalue weighted by Gasteiger charge is -2.38. The van der Waals surface area contributed by atoms with Gasteiger partial charge >= 0.3 is 11.9 Å². The zero-order valence-electron chi connectivity index (χ0n) is 8.87. The molecule has 84 valence electrons. The van der Waals surface area contributed by atoms with Gasteiger partial charge in [0.25, 0.3) is 0 Å². The second-order valence-corrected chi connectivity index (χ2v) is 4.78. The van der Waals surface area contributed by atoms with Gasteiger partial charge in [-0.15, -0.1) is 0 Å². The van der Waals surface area contributed by atoms with Crippen molar-refractivity contribution in [1.82, 2.24) is 0 Å². The maximum Gasteiger partial charge on any atom is 0.324 e. The molecule has 2 aliphatic heterocycles. The highest BCUT2D eigenvalue weighted by molar-refractivity contribution is 5.92. The third-order valence-corrected chi connectivity index (χ3v) is 2.85. The second kappa shape index (κ2) is 3.28. The summed E-state index contributed by atoms with van der Waals surface area (Å²) in [4.78, 5) is 23.2. The van der Waals surface area contributed by atoms with E-state index in [0.717, 1.165) is 0 Å². The van der Waals surface area contributed by atoms with Crippen LogP contribution in [-0.2, 0) is 23.8 Å². The Hall–Kier alpha value is -0.940. The van der Waals surface area contributed by atoms with Gasteiger partial charge in [0.05, 0.1) is 26.4 Å². The first kappa shape index (κ1) is 10.6. The SMILES string of the molecule is CC1(C(=O)OC(=O)C2(C)COC2)COC1. The number of hydrogen-bond acceptors (Lipinski definition) is 5. The fourth-order valence-corrected chi connectivity index (χ4v) is 1.38. The van der Waals surface area contributed by atoms with Crippen molar-refractivity contribution in [3.63, 3.8) is 0 Å². The number of esters is 2. The molecule has 0 N–H and O–H groups in total. The molecule has 0 atom stereocenters. The predicted octanol–water partition coefficient (Wildman–Crippen LogP) is 0.129. The molecule has 2 aliphatic rings. The molecule has 0 spiro atoms. The molecule has 2 heterocycles. The van der Waals surface area contributed by atoms with Crippen LogP contribution in [0.4, 0.5) is 0 Å². The van der Waals surface area contributed by atoms with Crippen molar-refractivity contribution in [2.75, 3.05) is 26.4 Å². The van der Waals surface area contributed by atoms with Crippen molar-refractivity contribution >= 4 is 11.9 Å². The molecule has 0 saturated carbocycles. The highest BCUT2D eigenvalue weighted by atomic mass is 16.6. The van der Waals surface area contributed by atoms with E-state index >= 15 is 0 Å². The van der Waals surface area contributed by atoms with E-state index in [1.54, 1.807) is 13.8 Å². The molecule has 2 fully saturated rings. The first-order valence-electron chi connectivity index (χ1n) is 4.89. The average Bonchev–Trinajstić information content (AvgIpc) is 2.09. The lowest BCUT2D eigenvalue weighted by Crippen LogP contribution is -2.52. The van der Waals surface area contributed by atoms with E-state index in [1.807, 2.05) is 0 Å². The van der Waals surface area contributed by atoms with Crippen molar-refractivity contribution in [3.8, 4) is 0 Å². The van der Waals surface area contributed by atoms with E-state index in [2.05, 4.69) is 0 Å². The molecule has 2 rings (SSSR count). The lowest BCUT2D eigenvalue weighted by atomic mass is 9.87. The van der Waals surface area contributed by atoms with Crippen molar-refractivity contribution in [2.24, 2.45) is 10.8 Å². The standard InChI is InChI=1S/C10H14O5/c1-9(3-13-4-9)7(11)15-8(12)10(2)5-14-6-10/h3-6H2,1-2H3. The zero-order valence-corrected chi connectivity index (χ0v) is 8.87. The zero-order chi connectivity index (χ0) is 11.1. The number of hydrogen-bond donors (Lipinski definition) is 0. The van der Waals surface area contributed by atoms with Crippen LogP contribution in [0.5, 0.6) is 0 Å². The molecule has 0 aromatic rings. The molecule has 15 heavy (non-hydrogen) atoms. The fourth-order valence-electron chi connectivity index (χ4n) is 1.38. The average molecular weight is 214 g/mol. The Bertz CT molecular complexity index is 271. The molecule has 5 nitrogen and oxygen atoms in total. The predicted molar refractivity (Wildman–Crippen MR) is 49.0 cm³/mol. The number of ether oxygens (including phenoxy) is 3. The summed E-state index contributed by atoms with van der Waals surface area (Å²) in [6.45, 7) is 4.76. The van der Waals surface area contributed by atoms with Gasteiger partial charge in [-0.3, -0.25) is 9.59 Å². The third-order valence-electron chi connectivity index (χ3n) is 2.85. The largest absolute Gasteiger partial charge is 0.392 e. The normalized spacial score (nSPS) is 26.0. The van der Waals surface area contributed by atoms with Crippen LogP contribution in [0.25, 0.3) is 0 Å². The molecule has 2 saturated heterocycles. The first-order chi connectivity index (χ1) is 6.96. The monoisotopic (exact) mass is 214 g/mol. The maximum atomic E-state index is 11.6. The topological polar surface area (TPSA) is 61.8 Å². The van der Waals surface area contributed by atoms with Gasteiger partial charge in [0.15, 0.2) is 0 Å². The van der Waals surface area contributed by atoms with Crippen molar-refractivity contribution in [2.45, 2.75) is 13.8 Å². The van der Waals surface area contributed by atoms with Gasteiger partial charge in [-0.25, -0.2) is 0 Å². The van der Waals surface area contributed by atoms with Gasteiger partial charge in [0.2, 0.25) is 0 Å². The van der Waals surface area contributed by atoms with E-state index < -0.39 is 22.8 Å². The Morgan fingerprint density at radius 2 is 1.27 bits per heavy atom. The van der Waals surface area contributed by atoms with Gasteiger partial charge in [-0.1, -0.05) is 0 Å². The summed E-state index contributed by atoms with van der Waals surface area (Å²) >= 11 is 0. The van der Waals surface area contributed by atoms with E-state index in [0.29, 0.717) is 26.4 Å². The summed E-state index contributed by atoms with van der Waals surface area (Å²) < 4.78 is 14.7. The van der Waals surface area contributed by atoms with Crippen molar-refractivity contribution in [1.29, 1.82) is 0 Å². The van der Waals surface area contributed by atoms with Gasteiger partial charge in [-0.05, 0) is 13.8 Å². The highest BCUT2D eigenvalue weighted by Gasteiger charge is 2.48. The Labute approximate surface area is 87.7 Å². The molecule has 0 radical (unpaired) electrons. The fraction of sp³-hybridized carbons (Fsp3) is 0.800. The van der Waals surface area contributed by atoms with Crippen LogP contribution in [0.15, 0.2) is 0 Å². The summed E-state index contributed by atoms with van der Waals surface area (Å²) in [6, 6.07) is 0. The summed E-state index contributed by atoms with van der Waals surface area (Å²) in [5.74, 6) is -0.987. The maximum absolute atomic E-state index is 11.6. The molecule has 0 unspecified atom stereocenters. The summed E-state index contributed by atoms with van der Waals surface area (Å²) in [7, 11) is 0. The van der Waals surface area contributed by atoms with Gasteiger partial charge in [0, 0.05) is 0 Å². The van der Waals surface area contributed by atoms with Gasteiger partial charge in [0.1, 0.15) is 10.8 Å². The van der Waals surface area contributed by atoms with Gasteiger partial charge < -0.3 is 14.2 Å². The summed E-state index contributed by atoms with van der Waals surface area (Å²) in [6.07, 6.45) is 0. The molecule has 0 aromatic heterocycles. The smallest absolute Gasteiger partial charge is 0.324 e. The molecule has 0 aromatic carbocycles. The lowest BCUT2D eigenvalue weighted by molar-refractivity contribution is -0.201.